The third-order valence-corrected chi connectivity index (χ3v) is 4.60. The average Bonchev–Trinajstić information content (AvgIpc) is 2.46. The summed E-state index contributed by atoms with van der Waals surface area (Å²) in [6, 6.07) is 7.72. The second-order valence-corrected chi connectivity index (χ2v) is 6.04. The van der Waals surface area contributed by atoms with E-state index in [4.69, 9.17) is 0 Å². The van der Waals surface area contributed by atoms with Crippen LogP contribution in [0.5, 0.6) is 0 Å². The lowest BCUT2D eigenvalue weighted by Gasteiger charge is -2.20. The number of benzene rings is 1. The van der Waals surface area contributed by atoms with Crippen LogP contribution in [-0.4, -0.2) is 22.4 Å². The molecule has 1 saturated carbocycles. The molecule has 0 aliphatic heterocycles. The van der Waals surface area contributed by atoms with Crippen molar-refractivity contribution >= 4 is 11.8 Å². The Bertz CT molecular complexity index is 391. The first-order valence-corrected chi connectivity index (χ1v) is 6.58. The Balaban J connectivity index is 2.08. The molecular formula is C13H16F2OS. The Morgan fingerprint density at radius 1 is 1.29 bits per heavy atom. The van der Waals surface area contributed by atoms with Gasteiger partial charge in [-0.3, -0.25) is 0 Å². The quantitative estimate of drug-likeness (QED) is 0.876. The predicted molar refractivity (Wildman–Crippen MR) is 65.6 cm³/mol. The minimum Gasteiger partial charge on any atom is -0.386 e. The zero-order valence-corrected chi connectivity index (χ0v) is 10.7. The van der Waals surface area contributed by atoms with Crippen LogP contribution < -0.4 is 0 Å². The van der Waals surface area contributed by atoms with Gasteiger partial charge in [0, 0.05) is 16.1 Å². The summed E-state index contributed by atoms with van der Waals surface area (Å²) in [5, 5.41) is 9.22. The normalized spacial score (nSPS) is 31.7. The molecule has 1 aliphatic rings. The Hall–Kier alpha value is -0.610. The molecule has 2 rings (SSSR count). The van der Waals surface area contributed by atoms with Crippen LogP contribution in [-0.2, 0) is 0 Å². The van der Waals surface area contributed by atoms with E-state index in [0.717, 1.165) is 10.5 Å². The summed E-state index contributed by atoms with van der Waals surface area (Å²) < 4.78 is 27.0. The van der Waals surface area contributed by atoms with Gasteiger partial charge in [0.15, 0.2) is 0 Å². The van der Waals surface area contributed by atoms with Crippen molar-refractivity contribution in [1.29, 1.82) is 0 Å². The van der Waals surface area contributed by atoms with Gasteiger partial charge in [-0.25, -0.2) is 8.78 Å². The Kier molecular flexibility index (Phi) is 3.46. The smallest absolute Gasteiger partial charge is 0.277 e. The molecule has 1 N–H and O–H groups in total. The maximum absolute atomic E-state index is 13.5. The topological polar surface area (TPSA) is 20.2 Å². The largest absolute Gasteiger partial charge is 0.386 e. The van der Waals surface area contributed by atoms with Crippen molar-refractivity contribution in [3.8, 4) is 0 Å². The highest BCUT2D eigenvalue weighted by molar-refractivity contribution is 8.00. The van der Waals surface area contributed by atoms with Gasteiger partial charge in [-0.1, -0.05) is 24.6 Å². The number of thioether (sulfide) groups is 1. The van der Waals surface area contributed by atoms with Crippen molar-refractivity contribution in [2.24, 2.45) is 5.92 Å². The Morgan fingerprint density at radius 2 is 1.88 bits per heavy atom. The molecule has 4 heteroatoms. The summed E-state index contributed by atoms with van der Waals surface area (Å²) in [6.45, 7) is 3.48. The van der Waals surface area contributed by atoms with E-state index in [9.17, 15) is 13.9 Å². The van der Waals surface area contributed by atoms with Crippen molar-refractivity contribution in [2.45, 2.75) is 42.4 Å². The van der Waals surface area contributed by atoms with Gasteiger partial charge >= 0.3 is 0 Å². The molecule has 0 unspecified atom stereocenters. The average molecular weight is 258 g/mol. The summed E-state index contributed by atoms with van der Waals surface area (Å²) in [6.07, 6.45) is -1.18. The first kappa shape index (κ1) is 12.8. The number of aryl methyl sites for hydroxylation is 1. The van der Waals surface area contributed by atoms with Crippen LogP contribution in [0.3, 0.4) is 0 Å². The highest BCUT2D eigenvalue weighted by Crippen LogP contribution is 2.46. The van der Waals surface area contributed by atoms with E-state index in [1.165, 1.54) is 18.7 Å². The Morgan fingerprint density at radius 3 is 2.35 bits per heavy atom. The van der Waals surface area contributed by atoms with Crippen LogP contribution >= 0.6 is 11.8 Å². The summed E-state index contributed by atoms with van der Waals surface area (Å²) in [5.74, 6) is -3.71. The molecule has 3 atom stereocenters. The number of aliphatic hydroxyl groups is 1. The van der Waals surface area contributed by atoms with E-state index in [1.807, 2.05) is 31.2 Å². The van der Waals surface area contributed by atoms with Gasteiger partial charge in [0.1, 0.15) is 6.10 Å². The molecule has 0 radical (unpaired) electrons. The van der Waals surface area contributed by atoms with E-state index in [-0.39, 0.29) is 0 Å². The Labute approximate surface area is 104 Å². The molecule has 17 heavy (non-hydrogen) atoms. The summed E-state index contributed by atoms with van der Waals surface area (Å²) in [4.78, 5) is 0.935. The summed E-state index contributed by atoms with van der Waals surface area (Å²) >= 11 is 1.34. The van der Waals surface area contributed by atoms with E-state index in [0.29, 0.717) is 6.42 Å². The molecule has 0 amide bonds. The fourth-order valence-electron chi connectivity index (χ4n) is 2.08. The molecule has 0 saturated heterocycles. The van der Waals surface area contributed by atoms with Crippen molar-refractivity contribution < 1.29 is 13.9 Å². The zero-order valence-electron chi connectivity index (χ0n) is 9.86. The van der Waals surface area contributed by atoms with Gasteiger partial charge < -0.3 is 5.11 Å². The lowest BCUT2D eigenvalue weighted by Crippen LogP contribution is -2.35. The number of alkyl halides is 2. The van der Waals surface area contributed by atoms with Crippen molar-refractivity contribution in [3.63, 3.8) is 0 Å². The highest BCUT2D eigenvalue weighted by atomic mass is 32.2. The molecule has 1 fully saturated rings. The number of hydrogen-bond donors (Lipinski definition) is 1. The fourth-order valence-corrected chi connectivity index (χ4v) is 3.42. The third kappa shape index (κ3) is 2.47. The van der Waals surface area contributed by atoms with E-state index in [2.05, 4.69) is 0 Å². The first-order chi connectivity index (χ1) is 7.91. The molecule has 1 aromatic carbocycles. The zero-order chi connectivity index (χ0) is 12.6. The van der Waals surface area contributed by atoms with Gasteiger partial charge in [0.2, 0.25) is 0 Å². The molecule has 0 aromatic heterocycles. The van der Waals surface area contributed by atoms with Crippen LogP contribution in [0.25, 0.3) is 0 Å². The third-order valence-electron chi connectivity index (χ3n) is 3.30. The highest BCUT2D eigenvalue weighted by Gasteiger charge is 2.54. The molecule has 0 bridgehead atoms. The van der Waals surface area contributed by atoms with Gasteiger partial charge in [-0.2, -0.15) is 0 Å². The minimum absolute atomic E-state index is 0.354. The van der Waals surface area contributed by atoms with E-state index in [1.54, 1.807) is 0 Å². The maximum Gasteiger partial charge on any atom is 0.277 e. The van der Waals surface area contributed by atoms with Gasteiger partial charge in [-0.15, -0.1) is 11.8 Å². The van der Waals surface area contributed by atoms with Crippen LogP contribution in [0.4, 0.5) is 8.78 Å². The molecule has 1 aliphatic carbocycles. The molecular weight excluding hydrogens is 242 g/mol. The summed E-state index contributed by atoms with van der Waals surface area (Å²) in [7, 11) is 0. The van der Waals surface area contributed by atoms with Crippen molar-refractivity contribution in [2.75, 3.05) is 0 Å². The standard InChI is InChI=1S/C13H16F2OS/c1-8-3-5-10(6-4-8)17-11-7-9(2)13(14,15)12(11)16/h3-6,9,11-12,16H,7H2,1-2H3/t9-,11+,12-/m0/s1. The van der Waals surface area contributed by atoms with Gasteiger partial charge in [0.05, 0.1) is 0 Å². The maximum atomic E-state index is 13.5. The number of hydrogen-bond acceptors (Lipinski definition) is 2. The second kappa shape index (κ2) is 4.58. The number of rotatable bonds is 2. The monoisotopic (exact) mass is 258 g/mol. The lowest BCUT2D eigenvalue weighted by molar-refractivity contribution is -0.109. The predicted octanol–water partition coefficient (Wildman–Crippen LogP) is 3.49. The van der Waals surface area contributed by atoms with Gasteiger partial charge in [0.25, 0.3) is 5.92 Å². The van der Waals surface area contributed by atoms with E-state index >= 15 is 0 Å². The minimum atomic E-state index is -2.96. The van der Waals surface area contributed by atoms with Crippen molar-refractivity contribution in [3.05, 3.63) is 29.8 Å². The lowest BCUT2D eigenvalue weighted by atomic mass is 10.1. The van der Waals surface area contributed by atoms with Gasteiger partial charge in [-0.05, 0) is 25.5 Å². The number of aliphatic hydroxyl groups excluding tert-OH is 1. The molecule has 1 nitrogen and oxygen atoms in total. The second-order valence-electron chi connectivity index (χ2n) is 4.73. The fraction of sp³-hybridized carbons (Fsp3) is 0.538. The molecule has 0 heterocycles. The van der Waals surface area contributed by atoms with Crippen LogP contribution in [0.1, 0.15) is 18.9 Å². The van der Waals surface area contributed by atoms with Crippen LogP contribution in [0.2, 0.25) is 0 Å². The molecule has 1 aromatic rings. The first-order valence-electron chi connectivity index (χ1n) is 5.70. The SMILES string of the molecule is Cc1ccc(S[C@@H]2C[C@H](C)C(F)(F)[C@H]2O)cc1. The molecule has 0 spiro atoms. The number of halogens is 2. The van der Waals surface area contributed by atoms with Crippen LogP contribution in [0.15, 0.2) is 29.2 Å². The van der Waals surface area contributed by atoms with E-state index < -0.39 is 23.2 Å². The van der Waals surface area contributed by atoms with Crippen LogP contribution in [0, 0.1) is 12.8 Å². The molecule has 94 valence electrons. The summed E-state index contributed by atoms with van der Waals surface area (Å²) in [5.41, 5.74) is 1.14. The van der Waals surface area contributed by atoms with Crippen molar-refractivity contribution in [1.82, 2.24) is 0 Å².